The molecule has 6 atom stereocenters. The van der Waals surface area contributed by atoms with Gasteiger partial charge in [-0.05, 0) is 47.6 Å². The zero-order valence-corrected chi connectivity index (χ0v) is 22.9. The Labute approximate surface area is 229 Å². The number of rotatable bonds is 4. The molecule has 2 aromatic rings. The van der Waals surface area contributed by atoms with Gasteiger partial charge in [0.25, 0.3) is 5.91 Å². The molecule has 0 aliphatic heterocycles. The van der Waals surface area contributed by atoms with Crippen LogP contribution >= 0.6 is 27.3 Å². The van der Waals surface area contributed by atoms with Crippen LogP contribution in [0.25, 0.3) is 5.76 Å². The number of Topliss-reactive ketones (excluding diaryl/α,β-unsaturated/α-hetero) is 2. The van der Waals surface area contributed by atoms with Crippen LogP contribution in [0.2, 0.25) is 0 Å². The van der Waals surface area contributed by atoms with Gasteiger partial charge in [-0.2, -0.15) is 0 Å². The van der Waals surface area contributed by atoms with Gasteiger partial charge in [-0.15, -0.1) is 11.3 Å². The summed E-state index contributed by atoms with van der Waals surface area (Å²) in [5.74, 6) is -8.63. The Morgan fingerprint density at radius 2 is 1.87 bits per heavy atom. The fourth-order valence-electron chi connectivity index (χ4n) is 6.14. The molecule has 0 spiro atoms. The minimum Gasteiger partial charge on any atom is -0.510 e. The van der Waals surface area contributed by atoms with Crippen molar-refractivity contribution < 1.29 is 34.8 Å². The third-order valence-corrected chi connectivity index (χ3v) is 9.18. The van der Waals surface area contributed by atoms with Gasteiger partial charge < -0.3 is 31.5 Å². The molecular formula is C25H25BrN4O7S. The third-order valence-electron chi connectivity index (χ3n) is 7.71. The van der Waals surface area contributed by atoms with Crippen molar-refractivity contribution in [1.29, 1.82) is 0 Å². The Balaban J connectivity index is 1.67. The van der Waals surface area contributed by atoms with Crippen LogP contribution in [0.15, 0.2) is 39.0 Å². The van der Waals surface area contributed by atoms with Crippen molar-refractivity contribution in [3.05, 3.63) is 50.1 Å². The molecule has 1 saturated carbocycles. The predicted molar refractivity (Wildman–Crippen MR) is 142 cm³/mol. The maximum Gasteiger partial charge on any atom is 0.255 e. The molecule has 7 N–H and O–H groups in total. The zero-order chi connectivity index (χ0) is 27.8. The number of benzene rings is 1. The van der Waals surface area contributed by atoms with Crippen LogP contribution in [0.4, 0.5) is 10.8 Å². The normalized spacial score (nSPS) is 28.8. The number of primary amides is 1. The summed E-state index contributed by atoms with van der Waals surface area (Å²) >= 11 is 4.55. The summed E-state index contributed by atoms with van der Waals surface area (Å²) in [5.41, 5.74) is 5.20. The molecule has 0 bridgehead atoms. The predicted octanol–water partition coefficient (Wildman–Crippen LogP) is 2.34. The molecule has 3 aliphatic carbocycles. The third kappa shape index (κ3) is 3.67. The van der Waals surface area contributed by atoms with E-state index >= 15 is 0 Å². The quantitative estimate of drug-likeness (QED) is 0.172. The lowest BCUT2D eigenvalue weighted by Crippen LogP contribution is -2.61. The number of carbonyl (C=O) groups excluding carboxylic acids is 3. The van der Waals surface area contributed by atoms with Crippen molar-refractivity contribution in [3.63, 3.8) is 0 Å². The summed E-state index contributed by atoms with van der Waals surface area (Å²) in [6, 6.07) is 2.24. The number of nitrogens with one attached hydrogen (secondary N) is 1. The van der Waals surface area contributed by atoms with Gasteiger partial charge >= 0.3 is 0 Å². The number of nitrogens with two attached hydrogens (primary N) is 1. The van der Waals surface area contributed by atoms with Crippen LogP contribution in [-0.2, 0) is 14.4 Å². The number of thiazole rings is 1. The maximum atomic E-state index is 13.9. The monoisotopic (exact) mass is 604 g/mol. The molecule has 1 heterocycles. The van der Waals surface area contributed by atoms with Crippen molar-refractivity contribution in [3.8, 4) is 5.75 Å². The second-order valence-corrected chi connectivity index (χ2v) is 11.6. The smallest absolute Gasteiger partial charge is 0.255 e. The van der Waals surface area contributed by atoms with Crippen molar-refractivity contribution in [1.82, 2.24) is 9.88 Å². The Bertz CT molecular complexity index is 1470. The van der Waals surface area contributed by atoms with Gasteiger partial charge in [0.15, 0.2) is 16.7 Å². The van der Waals surface area contributed by atoms with E-state index < -0.39 is 70.4 Å². The number of ketones is 2. The van der Waals surface area contributed by atoms with Gasteiger partial charge in [-0.25, -0.2) is 4.98 Å². The molecule has 1 fully saturated rings. The minimum absolute atomic E-state index is 0.00399. The summed E-state index contributed by atoms with van der Waals surface area (Å²) < 4.78 is 0.601. The molecule has 5 rings (SSSR count). The molecule has 0 radical (unpaired) electrons. The standard InChI is InChI=1S/C25H25BrN4O7S/c1-7-8-4-5-9(28-25-29-10(26)6-38-25)18(31)12(8)20(33)14-11(7)19(32)13-15(21(14)34)22(35)16(24(27)37)23(36)17(13)30(2)3/h4-7,11,13,15,17,19,31-33,36H,1-3H3,(H2,27,37)(H,28,29)/t7-,11?,13?,15?,17-,19-/m0/s1. The minimum atomic E-state index is -1.56. The lowest BCUT2D eigenvalue weighted by atomic mass is 9.56. The van der Waals surface area contributed by atoms with Crippen LogP contribution in [0.3, 0.4) is 0 Å². The number of nitrogens with zero attached hydrogens (tertiary/aromatic N) is 2. The van der Waals surface area contributed by atoms with Gasteiger partial charge in [-0.3, -0.25) is 19.3 Å². The number of anilines is 2. The van der Waals surface area contributed by atoms with Gasteiger partial charge in [0.05, 0.1) is 29.3 Å². The van der Waals surface area contributed by atoms with Gasteiger partial charge in [-0.1, -0.05) is 13.0 Å². The van der Waals surface area contributed by atoms with Crippen LogP contribution in [-0.4, -0.2) is 74.0 Å². The van der Waals surface area contributed by atoms with Crippen molar-refractivity contribution in [2.24, 2.45) is 23.5 Å². The van der Waals surface area contributed by atoms with E-state index in [4.69, 9.17) is 5.73 Å². The Morgan fingerprint density at radius 1 is 1.18 bits per heavy atom. The highest BCUT2D eigenvalue weighted by Gasteiger charge is 2.60. The number of hydrogen-bond acceptors (Lipinski definition) is 11. The Hall–Kier alpha value is -3.26. The molecule has 1 aromatic carbocycles. The summed E-state index contributed by atoms with van der Waals surface area (Å²) in [7, 11) is 3.17. The number of amides is 1. The van der Waals surface area contributed by atoms with E-state index in [9.17, 15) is 34.8 Å². The summed E-state index contributed by atoms with van der Waals surface area (Å²) in [4.78, 5) is 45.1. The Kier molecular flexibility index (Phi) is 6.37. The lowest BCUT2D eigenvalue weighted by Gasteiger charge is -2.50. The van der Waals surface area contributed by atoms with Crippen molar-refractivity contribution in [2.75, 3.05) is 19.4 Å². The Morgan fingerprint density at radius 3 is 2.45 bits per heavy atom. The molecule has 3 unspecified atom stereocenters. The van der Waals surface area contributed by atoms with Gasteiger partial charge in [0.2, 0.25) is 0 Å². The van der Waals surface area contributed by atoms with E-state index in [1.54, 1.807) is 38.5 Å². The lowest BCUT2D eigenvalue weighted by molar-refractivity contribution is -0.143. The van der Waals surface area contributed by atoms with E-state index in [1.165, 1.54) is 16.2 Å². The highest BCUT2D eigenvalue weighted by Crippen LogP contribution is 2.55. The first-order chi connectivity index (χ1) is 17.9. The van der Waals surface area contributed by atoms with E-state index in [0.717, 1.165) is 0 Å². The van der Waals surface area contributed by atoms with E-state index in [1.807, 2.05) is 0 Å². The van der Waals surface area contributed by atoms with Gasteiger partial charge in [0, 0.05) is 22.8 Å². The van der Waals surface area contributed by atoms with E-state index in [2.05, 4.69) is 26.2 Å². The molecular weight excluding hydrogens is 580 g/mol. The number of aliphatic hydroxyl groups is 3. The first kappa shape index (κ1) is 26.4. The second kappa shape index (κ2) is 9.19. The fourth-order valence-corrected chi connectivity index (χ4v) is 7.29. The number of carbonyl (C=O) groups is 3. The van der Waals surface area contributed by atoms with Crippen molar-refractivity contribution >= 4 is 61.3 Å². The highest BCUT2D eigenvalue weighted by atomic mass is 79.9. The van der Waals surface area contributed by atoms with Crippen LogP contribution in [0, 0.1) is 17.8 Å². The topological polar surface area (TPSA) is 186 Å². The number of fused-ring (bicyclic) bond motifs is 3. The number of hydrogen-bond donors (Lipinski definition) is 6. The number of phenolic OH excluding ortho intramolecular Hbond substituents is 1. The summed E-state index contributed by atoms with van der Waals surface area (Å²) in [5, 5.41) is 50.2. The SMILES string of the molecule is C[C@H]1c2ccc(Nc3nc(Br)cs3)c(O)c2C(O)=C2C(=O)C3C(=O)C(C(N)=O)=C(O)[C@@H](N(C)C)C3[C@@H](O)C21. The van der Waals surface area contributed by atoms with Crippen LogP contribution in [0.1, 0.15) is 24.0 Å². The molecule has 1 aromatic heterocycles. The first-order valence-corrected chi connectivity index (χ1v) is 13.4. The zero-order valence-electron chi connectivity index (χ0n) is 20.5. The highest BCUT2D eigenvalue weighted by molar-refractivity contribution is 9.10. The number of aliphatic hydroxyl groups excluding tert-OH is 3. The number of likely N-dealkylation sites (N-methyl/N-ethyl adjacent to an activating group) is 1. The number of aromatic hydroxyl groups is 1. The van der Waals surface area contributed by atoms with E-state index in [0.29, 0.717) is 15.3 Å². The number of phenols is 1. The summed E-state index contributed by atoms with van der Waals surface area (Å²) in [6.45, 7) is 1.75. The first-order valence-electron chi connectivity index (χ1n) is 11.7. The molecule has 3 aliphatic rings. The van der Waals surface area contributed by atoms with Crippen LogP contribution < -0.4 is 11.1 Å². The molecule has 0 saturated heterocycles. The number of aromatic nitrogens is 1. The average Bonchev–Trinajstić information content (AvgIpc) is 3.24. The van der Waals surface area contributed by atoms with Gasteiger partial charge in [0.1, 0.15) is 27.4 Å². The number of halogens is 1. The average molecular weight is 605 g/mol. The van der Waals surface area contributed by atoms with E-state index in [-0.39, 0.29) is 22.6 Å². The molecule has 11 nitrogen and oxygen atoms in total. The molecule has 1 amide bonds. The molecule has 13 heteroatoms. The molecule has 38 heavy (non-hydrogen) atoms. The fraction of sp³-hybridized carbons (Fsp3) is 0.360. The molecule has 200 valence electrons. The summed E-state index contributed by atoms with van der Waals surface area (Å²) in [6.07, 6.45) is -1.36. The van der Waals surface area contributed by atoms with Crippen LogP contribution in [0.5, 0.6) is 5.75 Å². The second-order valence-electron chi connectivity index (χ2n) is 9.91. The maximum absolute atomic E-state index is 13.9. The largest absolute Gasteiger partial charge is 0.510 e. The van der Waals surface area contributed by atoms with Crippen molar-refractivity contribution in [2.45, 2.75) is 25.0 Å².